The van der Waals surface area contributed by atoms with E-state index in [9.17, 15) is 14.9 Å². The Balaban J connectivity index is 1.82. The molecule has 1 aliphatic rings. The molecule has 1 saturated heterocycles. The lowest BCUT2D eigenvalue weighted by atomic mass is 10.1. The molecule has 0 N–H and O–H groups in total. The molecule has 27 heavy (non-hydrogen) atoms. The first-order valence-corrected chi connectivity index (χ1v) is 9.71. The maximum atomic E-state index is 12.5. The summed E-state index contributed by atoms with van der Waals surface area (Å²) < 4.78 is 6.39. The van der Waals surface area contributed by atoms with E-state index in [0.717, 1.165) is 30.4 Å². The minimum Gasteiger partial charge on any atom is -0.422 e. The van der Waals surface area contributed by atoms with Crippen LogP contribution in [0.2, 0.25) is 0 Å². The van der Waals surface area contributed by atoms with Crippen molar-refractivity contribution in [1.82, 2.24) is 4.90 Å². The lowest BCUT2D eigenvalue weighted by Gasteiger charge is -2.29. The molecule has 2 aromatic rings. The molecular formula is C19H17BrN2O4S. The van der Waals surface area contributed by atoms with Gasteiger partial charge in [0.15, 0.2) is 0 Å². The van der Waals surface area contributed by atoms with Crippen molar-refractivity contribution < 1.29 is 14.5 Å². The molecule has 0 atom stereocenters. The summed E-state index contributed by atoms with van der Waals surface area (Å²) in [6.45, 7) is 1.78. The predicted octanol–water partition coefficient (Wildman–Crippen LogP) is 4.74. The highest BCUT2D eigenvalue weighted by Gasteiger charge is 2.20. The average Bonchev–Trinajstić information content (AvgIpc) is 2.69. The number of rotatable bonds is 4. The first-order chi connectivity index (χ1) is 13.0. The second-order valence-electron chi connectivity index (χ2n) is 6.19. The molecule has 0 aliphatic carbocycles. The number of carbonyl (C=O) groups excluding carboxylic acids is 1. The molecule has 0 radical (unpaired) electrons. The van der Waals surface area contributed by atoms with Gasteiger partial charge in [0.05, 0.1) is 16.1 Å². The zero-order chi connectivity index (χ0) is 19.4. The van der Waals surface area contributed by atoms with Crippen LogP contribution in [0.3, 0.4) is 0 Å². The first-order valence-electron chi connectivity index (χ1n) is 8.51. The summed E-state index contributed by atoms with van der Waals surface area (Å²) in [4.78, 5) is 25.5. The number of ether oxygens (including phenoxy) is 1. The summed E-state index contributed by atoms with van der Waals surface area (Å²) in [5.41, 5.74) is 0.831. The molecule has 1 heterocycles. The highest BCUT2D eigenvalue weighted by Crippen LogP contribution is 2.27. The molecule has 0 aromatic heterocycles. The van der Waals surface area contributed by atoms with E-state index in [1.54, 1.807) is 12.1 Å². The zero-order valence-corrected chi connectivity index (χ0v) is 16.8. The van der Waals surface area contributed by atoms with E-state index in [1.165, 1.54) is 30.7 Å². The van der Waals surface area contributed by atoms with E-state index in [0.29, 0.717) is 16.3 Å². The smallest absolute Gasteiger partial charge is 0.343 e. The third-order valence-corrected chi connectivity index (χ3v) is 5.30. The first kappa shape index (κ1) is 19.4. The van der Waals surface area contributed by atoms with Crippen molar-refractivity contribution in [2.45, 2.75) is 19.3 Å². The standard InChI is InChI=1S/C19H17BrN2O4S/c20-14-6-9-17(16(12-14)18(27)21-10-2-1-3-11-21)26-19(23)13-4-7-15(8-5-13)22(24)25/h4-9,12H,1-3,10-11H2. The fraction of sp³-hybridized carbons (Fsp3) is 0.263. The predicted molar refractivity (Wildman–Crippen MR) is 109 cm³/mol. The number of nitro benzene ring substituents is 1. The Morgan fingerprint density at radius 3 is 2.41 bits per heavy atom. The largest absolute Gasteiger partial charge is 0.422 e. The molecule has 0 bridgehead atoms. The van der Waals surface area contributed by atoms with Crippen LogP contribution in [-0.2, 0) is 0 Å². The number of nitro groups is 1. The quantitative estimate of drug-likeness (QED) is 0.221. The van der Waals surface area contributed by atoms with Crippen LogP contribution < -0.4 is 4.74 Å². The van der Waals surface area contributed by atoms with Crippen molar-refractivity contribution in [2.24, 2.45) is 0 Å². The molecule has 0 spiro atoms. The van der Waals surface area contributed by atoms with Gasteiger partial charge in [-0.1, -0.05) is 28.1 Å². The number of hydrogen-bond donors (Lipinski definition) is 0. The molecule has 1 fully saturated rings. The van der Waals surface area contributed by atoms with Gasteiger partial charge in [-0.3, -0.25) is 10.1 Å². The molecule has 0 amide bonds. The summed E-state index contributed by atoms with van der Waals surface area (Å²) >= 11 is 9.08. The Kier molecular flexibility index (Phi) is 6.18. The fourth-order valence-corrected chi connectivity index (χ4v) is 3.61. The Morgan fingerprint density at radius 2 is 1.78 bits per heavy atom. The molecule has 3 rings (SSSR count). The normalized spacial score (nSPS) is 13.9. The van der Waals surface area contributed by atoms with E-state index in [1.807, 2.05) is 6.07 Å². The van der Waals surface area contributed by atoms with E-state index >= 15 is 0 Å². The lowest BCUT2D eigenvalue weighted by Crippen LogP contribution is -2.35. The summed E-state index contributed by atoms with van der Waals surface area (Å²) in [5, 5.41) is 10.7. The second kappa shape index (κ2) is 8.58. The Hall–Kier alpha value is -2.32. The van der Waals surface area contributed by atoms with Crippen LogP contribution in [-0.4, -0.2) is 33.9 Å². The minimum atomic E-state index is -0.588. The van der Waals surface area contributed by atoms with Crippen LogP contribution in [0, 0.1) is 10.1 Å². The summed E-state index contributed by atoms with van der Waals surface area (Å²) in [7, 11) is 0. The van der Waals surface area contributed by atoms with Crippen LogP contribution >= 0.6 is 28.1 Å². The number of hydrogen-bond acceptors (Lipinski definition) is 5. The van der Waals surface area contributed by atoms with E-state index < -0.39 is 10.9 Å². The van der Waals surface area contributed by atoms with E-state index in [2.05, 4.69) is 20.8 Å². The Labute approximate surface area is 170 Å². The maximum Gasteiger partial charge on any atom is 0.343 e. The number of likely N-dealkylation sites (tertiary alicyclic amines) is 1. The van der Waals surface area contributed by atoms with E-state index in [-0.39, 0.29) is 11.3 Å². The van der Waals surface area contributed by atoms with Crippen molar-refractivity contribution in [1.29, 1.82) is 0 Å². The molecular weight excluding hydrogens is 432 g/mol. The number of benzene rings is 2. The van der Waals surface area contributed by atoms with Gasteiger partial charge in [-0.2, -0.15) is 0 Å². The lowest BCUT2D eigenvalue weighted by molar-refractivity contribution is -0.384. The number of thiocarbonyl (C=S) groups is 1. The Bertz CT molecular complexity index is 880. The topological polar surface area (TPSA) is 72.7 Å². The van der Waals surface area contributed by atoms with Crippen molar-refractivity contribution in [2.75, 3.05) is 13.1 Å². The zero-order valence-electron chi connectivity index (χ0n) is 14.4. The molecule has 0 saturated carbocycles. The van der Waals surface area contributed by atoms with Gasteiger partial charge >= 0.3 is 5.97 Å². The highest BCUT2D eigenvalue weighted by atomic mass is 79.9. The van der Waals surface area contributed by atoms with Crippen LogP contribution in [0.15, 0.2) is 46.9 Å². The van der Waals surface area contributed by atoms with Gasteiger partial charge in [0.1, 0.15) is 10.7 Å². The second-order valence-corrected chi connectivity index (χ2v) is 7.49. The number of piperidine rings is 1. The molecule has 2 aromatic carbocycles. The van der Waals surface area contributed by atoms with Crippen molar-refractivity contribution in [3.05, 3.63) is 68.2 Å². The molecule has 0 unspecified atom stereocenters. The van der Waals surface area contributed by atoms with Crippen molar-refractivity contribution >= 4 is 44.8 Å². The van der Waals surface area contributed by atoms with Crippen LogP contribution in [0.1, 0.15) is 35.2 Å². The number of esters is 1. The monoisotopic (exact) mass is 448 g/mol. The third kappa shape index (κ3) is 4.70. The van der Waals surface area contributed by atoms with Gasteiger partial charge in [0.25, 0.3) is 5.69 Å². The van der Waals surface area contributed by atoms with E-state index in [4.69, 9.17) is 17.0 Å². The van der Waals surface area contributed by atoms with Crippen LogP contribution in [0.25, 0.3) is 0 Å². The fourth-order valence-electron chi connectivity index (χ4n) is 2.90. The number of carbonyl (C=O) groups is 1. The van der Waals surface area contributed by atoms with Gasteiger partial charge in [-0.05, 0) is 49.6 Å². The van der Waals surface area contributed by atoms with Crippen molar-refractivity contribution in [3.8, 4) is 5.75 Å². The van der Waals surface area contributed by atoms with Gasteiger partial charge in [-0.15, -0.1) is 0 Å². The van der Waals surface area contributed by atoms with Crippen LogP contribution in [0.5, 0.6) is 5.75 Å². The number of non-ortho nitro benzene ring substituents is 1. The summed E-state index contributed by atoms with van der Waals surface area (Å²) in [6.07, 6.45) is 3.37. The SMILES string of the molecule is O=C(Oc1ccc(Br)cc1C(=S)N1CCCCC1)c1ccc([N+](=O)[O-])cc1. The highest BCUT2D eigenvalue weighted by molar-refractivity contribution is 9.10. The molecule has 1 aliphatic heterocycles. The van der Waals surface area contributed by atoms with Gasteiger partial charge in [0.2, 0.25) is 0 Å². The van der Waals surface area contributed by atoms with Gasteiger partial charge < -0.3 is 9.64 Å². The van der Waals surface area contributed by atoms with Crippen LogP contribution in [0.4, 0.5) is 5.69 Å². The minimum absolute atomic E-state index is 0.0813. The summed E-state index contributed by atoms with van der Waals surface area (Å²) in [6, 6.07) is 10.6. The molecule has 140 valence electrons. The molecule has 8 heteroatoms. The third-order valence-electron chi connectivity index (χ3n) is 4.33. The summed E-state index contributed by atoms with van der Waals surface area (Å²) in [5.74, 6) is -0.216. The maximum absolute atomic E-state index is 12.5. The number of halogens is 1. The number of nitrogens with zero attached hydrogens (tertiary/aromatic N) is 2. The molecule has 6 nitrogen and oxygen atoms in total. The Morgan fingerprint density at radius 1 is 1.11 bits per heavy atom. The average molecular weight is 449 g/mol. The van der Waals surface area contributed by atoms with Gasteiger partial charge in [0, 0.05) is 29.7 Å². The van der Waals surface area contributed by atoms with Crippen molar-refractivity contribution in [3.63, 3.8) is 0 Å². The van der Waals surface area contributed by atoms with Gasteiger partial charge in [-0.25, -0.2) is 4.79 Å².